The summed E-state index contributed by atoms with van der Waals surface area (Å²) >= 11 is 0. The number of aliphatic hydroxyl groups excluding tert-OH is 1. The Labute approximate surface area is 90.3 Å². The maximum Gasteiger partial charge on any atom is 0.417 e. The minimum absolute atomic E-state index is 0.126. The normalized spacial score (nSPS) is 24.1. The van der Waals surface area contributed by atoms with Crippen molar-refractivity contribution in [3.63, 3.8) is 0 Å². The molecule has 2 unspecified atom stereocenters. The first-order valence-electron chi connectivity index (χ1n) is 4.88. The van der Waals surface area contributed by atoms with Gasteiger partial charge in [-0.05, 0) is 6.07 Å². The van der Waals surface area contributed by atoms with Gasteiger partial charge < -0.3 is 10.4 Å². The molecule has 0 aromatic carbocycles. The maximum absolute atomic E-state index is 12.5. The van der Waals surface area contributed by atoms with E-state index < -0.39 is 11.7 Å². The highest BCUT2D eigenvalue weighted by Gasteiger charge is 2.35. The predicted octanol–water partition coefficient (Wildman–Crippen LogP) is 1.99. The first kappa shape index (κ1) is 11.2. The summed E-state index contributed by atoms with van der Waals surface area (Å²) in [6.07, 6.45) is -3.57. The fourth-order valence-corrected chi connectivity index (χ4v) is 1.83. The third kappa shape index (κ3) is 1.73. The van der Waals surface area contributed by atoms with Crippen LogP contribution in [0.1, 0.15) is 24.0 Å². The molecule has 88 valence electrons. The lowest BCUT2D eigenvalue weighted by molar-refractivity contribution is -0.137. The van der Waals surface area contributed by atoms with Gasteiger partial charge in [0.1, 0.15) is 5.82 Å². The van der Waals surface area contributed by atoms with Crippen molar-refractivity contribution < 1.29 is 18.3 Å². The summed E-state index contributed by atoms with van der Waals surface area (Å²) in [6, 6.07) is 0.835. The summed E-state index contributed by atoms with van der Waals surface area (Å²) in [5.74, 6) is 0.259. The van der Waals surface area contributed by atoms with Crippen molar-refractivity contribution in [2.75, 3.05) is 11.9 Å². The van der Waals surface area contributed by atoms with E-state index in [0.29, 0.717) is 11.4 Å². The SMILES string of the molecule is CC1c2cc(C(F)(F)F)cnc2NC1CO. The van der Waals surface area contributed by atoms with Crippen molar-refractivity contribution in [3.05, 3.63) is 23.4 Å². The first-order valence-corrected chi connectivity index (χ1v) is 4.88. The zero-order valence-corrected chi connectivity index (χ0v) is 8.54. The van der Waals surface area contributed by atoms with Crippen molar-refractivity contribution in [1.29, 1.82) is 0 Å². The van der Waals surface area contributed by atoms with E-state index in [-0.39, 0.29) is 18.6 Å². The quantitative estimate of drug-likeness (QED) is 0.778. The van der Waals surface area contributed by atoms with Crippen LogP contribution in [0.25, 0.3) is 0 Å². The van der Waals surface area contributed by atoms with Crippen LogP contribution in [0.2, 0.25) is 0 Å². The third-order valence-corrected chi connectivity index (χ3v) is 2.86. The van der Waals surface area contributed by atoms with E-state index in [1.54, 1.807) is 6.92 Å². The highest BCUT2D eigenvalue weighted by atomic mass is 19.4. The van der Waals surface area contributed by atoms with Crippen molar-refractivity contribution in [3.8, 4) is 0 Å². The van der Waals surface area contributed by atoms with Crippen LogP contribution in [0.15, 0.2) is 12.3 Å². The predicted molar refractivity (Wildman–Crippen MR) is 52.2 cm³/mol. The van der Waals surface area contributed by atoms with Gasteiger partial charge in [-0.15, -0.1) is 0 Å². The topological polar surface area (TPSA) is 45.2 Å². The molecule has 1 aromatic rings. The molecule has 0 bridgehead atoms. The van der Waals surface area contributed by atoms with Gasteiger partial charge in [0.05, 0.1) is 18.2 Å². The number of aromatic nitrogens is 1. The second kappa shape index (κ2) is 3.62. The molecule has 2 atom stereocenters. The number of hydrogen-bond donors (Lipinski definition) is 2. The lowest BCUT2D eigenvalue weighted by atomic mass is 9.98. The molecular weight excluding hydrogens is 221 g/mol. The Morgan fingerprint density at radius 2 is 2.19 bits per heavy atom. The van der Waals surface area contributed by atoms with Crippen LogP contribution >= 0.6 is 0 Å². The maximum atomic E-state index is 12.5. The van der Waals surface area contributed by atoms with Crippen LogP contribution in [0.3, 0.4) is 0 Å². The Balaban J connectivity index is 2.39. The summed E-state index contributed by atoms with van der Waals surface area (Å²) < 4.78 is 37.4. The van der Waals surface area contributed by atoms with Crippen LogP contribution in [-0.4, -0.2) is 22.7 Å². The highest BCUT2D eigenvalue weighted by Crippen LogP contribution is 2.38. The number of alkyl halides is 3. The van der Waals surface area contributed by atoms with Gasteiger partial charge in [-0.2, -0.15) is 13.2 Å². The summed E-state index contributed by atoms with van der Waals surface area (Å²) in [5, 5.41) is 11.9. The van der Waals surface area contributed by atoms with Gasteiger partial charge in [0.15, 0.2) is 0 Å². The van der Waals surface area contributed by atoms with Gasteiger partial charge in [-0.25, -0.2) is 4.98 Å². The smallest absolute Gasteiger partial charge is 0.394 e. The summed E-state index contributed by atoms with van der Waals surface area (Å²) in [4.78, 5) is 3.73. The number of rotatable bonds is 1. The van der Waals surface area contributed by atoms with Crippen LogP contribution in [0.4, 0.5) is 19.0 Å². The van der Waals surface area contributed by atoms with Gasteiger partial charge in [0.25, 0.3) is 0 Å². The van der Waals surface area contributed by atoms with Gasteiger partial charge in [-0.1, -0.05) is 6.92 Å². The van der Waals surface area contributed by atoms with Crippen LogP contribution < -0.4 is 5.32 Å². The van der Waals surface area contributed by atoms with E-state index in [1.807, 2.05) is 0 Å². The largest absolute Gasteiger partial charge is 0.417 e. The minimum atomic E-state index is -4.38. The molecule has 2 heterocycles. The number of hydrogen-bond acceptors (Lipinski definition) is 3. The fraction of sp³-hybridized carbons (Fsp3) is 0.500. The molecule has 0 fully saturated rings. The van der Waals surface area contributed by atoms with E-state index in [4.69, 9.17) is 5.11 Å². The molecule has 0 saturated carbocycles. The van der Waals surface area contributed by atoms with E-state index in [9.17, 15) is 13.2 Å². The number of anilines is 1. The lowest BCUT2D eigenvalue weighted by Crippen LogP contribution is -2.23. The van der Waals surface area contributed by atoms with Gasteiger partial charge in [0, 0.05) is 17.7 Å². The average molecular weight is 232 g/mol. The molecule has 16 heavy (non-hydrogen) atoms. The number of halogens is 3. The summed E-state index contributed by atoms with van der Waals surface area (Å²) in [7, 11) is 0. The summed E-state index contributed by atoms with van der Waals surface area (Å²) in [5.41, 5.74) is -0.243. The molecule has 0 saturated heterocycles. The molecular formula is C10H11F3N2O. The Morgan fingerprint density at radius 3 is 2.75 bits per heavy atom. The Bertz CT molecular complexity index is 406. The zero-order valence-electron chi connectivity index (χ0n) is 8.54. The number of pyridine rings is 1. The minimum Gasteiger partial charge on any atom is -0.394 e. The van der Waals surface area contributed by atoms with E-state index in [1.165, 1.54) is 0 Å². The third-order valence-electron chi connectivity index (χ3n) is 2.86. The van der Waals surface area contributed by atoms with Crippen molar-refractivity contribution in [1.82, 2.24) is 4.98 Å². The number of nitrogens with zero attached hydrogens (tertiary/aromatic N) is 1. The molecule has 3 nitrogen and oxygen atoms in total. The van der Waals surface area contributed by atoms with Gasteiger partial charge in [-0.3, -0.25) is 0 Å². The van der Waals surface area contributed by atoms with Gasteiger partial charge in [0.2, 0.25) is 0 Å². The van der Waals surface area contributed by atoms with Gasteiger partial charge >= 0.3 is 6.18 Å². The van der Waals surface area contributed by atoms with Crippen LogP contribution in [-0.2, 0) is 6.18 Å². The van der Waals surface area contributed by atoms with E-state index >= 15 is 0 Å². The van der Waals surface area contributed by atoms with Crippen LogP contribution in [0, 0.1) is 0 Å². The number of aliphatic hydroxyl groups is 1. The Kier molecular flexibility index (Phi) is 2.53. The molecule has 1 aromatic heterocycles. The molecule has 0 aliphatic carbocycles. The molecule has 2 rings (SSSR count). The van der Waals surface area contributed by atoms with E-state index in [2.05, 4.69) is 10.3 Å². The van der Waals surface area contributed by atoms with Crippen LogP contribution in [0.5, 0.6) is 0 Å². The van der Waals surface area contributed by atoms with E-state index in [0.717, 1.165) is 12.3 Å². The molecule has 2 N–H and O–H groups in total. The second-order valence-corrected chi connectivity index (χ2v) is 3.88. The second-order valence-electron chi connectivity index (χ2n) is 3.88. The Morgan fingerprint density at radius 1 is 1.50 bits per heavy atom. The monoisotopic (exact) mass is 232 g/mol. The molecule has 0 amide bonds. The zero-order chi connectivity index (χ0) is 11.9. The molecule has 0 spiro atoms. The Hall–Kier alpha value is -1.30. The highest BCUT2D eigenvalue weighted by molar-refractivity contribution is 5.54. The lowest BCUT2D eigenvalue weighted by Gasteiger charge is -2.12. The summed E-state index contributed by atoms with van der Waals surface area (Å²) in [6.45, 7) is 1.64. The van der Waals surface area contributed by atoms with Crippen molar-refractivity contribution in [2.45, 2.75) is 25.1 Å². The van der Waals surface area contributed by atoms with Crippen molar-refractivity contribution >= 4 is 5.82 Å². The molecule has 1 aliphatic rings. The standard InChI is InChI=1S/C10H11F3N2O/c1-5-7-2-6(10(11,12)13)3-14-9(7)15-8(5)4-16/h2-3,5,8,16H,4H2,1H3,(H,14,15). The first-order chi connectivity index (χ1) is 7.43. The van der Waals surface area contributed by atoms with Crippen molar-refractivity contribution in [2.24, 2.45) is 0 Å². The fourth-order valence-electron chi connectivity index (χ4n) is 1.83. The average Bonchev–Trinajstić information content (AvgIpc) is 2.54. The number of fused-ring (bicyclic) bond motifs is 1. The molecule has 1 aliphatic heterocycles. The molecule has 0 radical (unpaired) electrons. The molecule has 6 heteroatoms. The number of nitrogens with one attached hydrogen (secondary N) is 1.